The lowest BCUT2D eigenvalue weighted by Gasteiger charge is -2.34. The molecule has 0 radical (unpaired) electrons. The van der Waals surface area contributed by atoms with E-state index in [1.807, 2.05) is 0 Å². The zero-order valence-corrected chi connectivity index (χ0v) is 15.2. The third-order valence-corrected chi connectivity index (χ3v) is 5.83. The summed E-state index contributed by atoms with van der Waals surface area (Å²) in [5, 5.41) is 0. The van der Waals surface area contributed by atoms with Crippen molar-refractivity contribution in [3.05, 3.63) is 53.3 Å². The Hall–Kier alpha value is -1.74. The molecule has 1 fully saturated rings. The molecule has 2 aliphatic carbocycles. The summed E-state index contributed by atoms with van der Waals surface area (Å²) in [5.41, 5.74) is 3.02. The summed E-state index contributed by atoms with van der Waals surface area (Å²) in [7, 11) is 1.76. The lowest BCUT2D eigenvalue weighted by molar-refractivity contribution is 0.0529. The van der Waals surface area contributed by atoms with Crippen molar-refractivity contribution in [2.45, 2.75) is 50.5 Å². The van der Waals surface area contributed by atoms with Crippen LogP contribution in [0.2, 0.25) is 0 Å². The van der Waals surface area contributed by atoms with E-state index in [1.165, 1.54) is 30.5 Å². The van der Waals surface area contributed by atoms with Gasteiger partial charge in [0, 0.05) is 19.6 Å². The Kier molecular flexibility index (Phi) is 5.12. The predicted octanol–water partition coefficient (Wildman–Crippen LogP) is 4.44. The van der Waals surface area contributed by atoms with Crippen molar-refractivity contribution in [3.63, 3.8) is 0 Å². The number of nitrogens with zero attached hydrogens (tertiary/aromatic N) is 1. The molecule has 1 aromatic carbocycles. The molecule has 1 aliphatic heterocycles. The van der Waals surface area contributed by atoms with Gasteiger partial charge in [0.2, 0.25) is 0 Å². The van der Waals surface area contributed by atoms with E-state index in [9.17, 15) is 0 Å². The maximum absolute atomic E-state index is 6.17. The Bertz CT molecular complexity index is 656. The fraction of sp³-hybridized carbons (Fsp3) is 0.545. The van der Waals surface area contributed by atoms with Gasteiger partial charge in [0.05, 0.1) is 7.11 Å². The molecule has 0 aromatic heterocycles. The molecule has 25 heavy (non-hydrogen) atoms. The molecule has 1 atom stereocenters. The summed E-state index contributed by atoms with van der Waals surface area (Å²) in [6.45, 7) is 3.48. The number of aryl methyl sites for hydroxylation is 1. The second-order valence-corrected chi connectivity index (χ2v) is 7.50. The summed E-state index contributed by atoms with van der Waals surface area (Å²) in [5.74, 6) is 2.74. The van der Waals surface area contributed by atoms with Gasteiger partial charge >= 0.3 is 0 Å². The summed E-state index contributed by atoms with van der Waals surface area (Å²) in [6, 6.07) is 6.60. The Morgan fingerprint density at radius 1 is 1.12 bits per heavy atom. The van der Waals surface area contributed by atoms with Crippen molar-refractivity contribution in [2.24, 2.45) is 0 Å². The number of methoxy groups -OCH3 is 1. The fourth-order valence-corrected chi connectivity index (χ4v) is 4.37. The predicted molar refractivity (Wildman–Crippen MR) is 101 cm³/mol. The SMILES string of the molecule is COc1ccc2c(c1)C(CN1CCC(OC3=CCCC=C3)CC1)CC2. The summed E-state index contributed by atoms with van der Waals surface area (Å²) < 4.78 is 11.6. The number of hydrogen-bond acceptors (Lipinski definition) is 3. The average Bonchev–Trinajstić information content (AvgIpc) is 3.06. The second kappa shape index (κ2) is 7.65. The van der Waals surface area contributed by atoms with Crippen molar-refractivity contribution < 1.29 is 9.47 Å². The van der Waals surface area contributed by atoms with Gasteiger partial charge in [0.1, 0.15) is 17.6 Å². The quantitative estimate of drug-likeness (QED) is 0.791. The first-order valence-corrected chi connectivity index (χ1v) is 9.74. The van der Waals surface area contributed by atoms with E-state index in [1.54, 1.807) is 7.11 Å². The number of piperidine rings is 1. The number of fused-ring (bicyclic) bond motifs is 1. The van der Waals surface area contributed by atoms with Gasteiger partial charge in [-0.05, 0) is 79.9 Å². The summed E-state index contributed by atoms with van der Waals surface area (Å²) in [6.07, 6.45) is 14.0. The number of hydrogen-bond donors (Lipinski definition) is 0. The average molecular weight is 339 g/mol. The van der Waals surface area contributed by atoms with E-state index in [-0.39, 0.29) is 0 Å². The topological polar surface area (TPSA) is 21.7 Å². The van der Waals surface area contributed by atoms with Gasteiger partial charge in [-0.1, -0.05) is 12.1 Å². The van der Waals surface area contributed by atoms with Crippen LogP contribution in [0, 0.1) is 0 Å². The lowest BCUT2D eigenvalue weighted by atomic mass is 9.98. The van der Waals surface area contributed by atoms with Gasteiger partial charge in [0.15, 0.2) is 0 Å². The molecular formula is C22H29NO2. The van der Waals surface area contributed by atoms with Gasteiger partial charge in [0.25, 0.3) is 0 Å². The van der Waals surface area contributed by atoms with Crippen LogP contribution in [0.4, 0.5) is 0 Å². The first-order chi connectivity index (χ1) is 12.3. The number of likely N-dealkylation sites (tertiary alicyclic amines) is 1. The highest BCUT2D eigenvalue weighted by Crippen LogP contribution is 2.36. The number of allylic oxidation sites excluding steroid dienone is 3. The van der Waals surface area contributed by atoms with Crippen LogP contribution in [0.1, 0.15) is 49.1 Å². The maximum atomic E-state index is 6.17. The maximum Gasteiger partial charge on any atom is 0.119 e. The number of ether oxygens (including phenoxy) is 2. The second-order valence-electron chi connectivity index (χ2n) is 7.50. The minimum absolute atomic E-state index is 0.390. The summed E-state index contributed by atoms with van der Waals surface area (Å²) >= 11 is 0. The Morgan fingerprint density at radius 3 is 2.76 bits per heavy atom. The van der Waals surface area contributed by atoms with Crippen molar-refractivity contribution in [2.75, 3.05) is 26.7 Å². The molecule has 0 saturated carbocycles. The van der Waals surface area contributed by atoms with Crippen LogP contribution >= 0.6 is 0 Å². The van der Waals surface area contributed by atoms with E-state index in [4.69, 9.17) is 9.47 Å². The van der Waals surface area contributed by atoms with Crippen molar-refractivity contribution in [3.8, 4) is 5.75 Å². The number of benzene rings is 1. The molecule has 3 aliphatic rings. The fourth-order valence-electron chi connectivity index (χ4n) is 4.37. The Labute approximate surface area is 151 Å². The Morgan fingerprint density at radius 2 is 2.00 bits per heavy atom. The van der Waals surface area contributed by atoms with Crippen LogP contribution in [0.3, 0.4) is 0 Å². The smallest absolute Gasteiger partial charge is 0.119 e. The van der Waals surface area contributed by atoms with Crippen LogP contribution in [0.15, 0.2) is 42.2 Å². The molecule has 1 unspecified atom stereocenters. The van der Waals surface area contributed by atoms with Crippen LogP contribution in [-0.2, 0) is 11.2 Å². The van der Waals surface area contributed by atoms with E-state index >= 15 is 0 Å². The molecule has 134 valence electrons. The van der Waals surface area contributed by atoms with E-state index in [2.05, 4.69) is 41.3 Å². The third kappa shape index (κ3) is 3.92. The van der Waals surface area contributed by atoms with E-state index in [0.717, 1.165) is 50.3 Å². The highest BCUT2D eigenvalue weighted by Gasteiger charge is 2.28. The van der Waals surface area contributed by atoms with E-state index in [0.29, 0.717) is 12.0 Å². The first-order valence-electron chi connectivity index (χ1n) is 9.74. The number of rotatable bonds is 5. The van der Waals surface area contributed by atoms with Crippen LogP contribution < -0.4 is 4.74 Å². The zero-order chi connectivity index (χ0) is 17.1. The molecule has 4 rings (SSSR count). The van der Waals surface area contributed by atoms with E-state index < -0.39 is 0 Å². The van der Waals surface area contributed by atoms with Crippen molar-refractivity contribution >= 4 is 0 Å². The van der Waals surface area contributed by atoms with Gasteiger partial charge in [-0.25, -0.2) is 0 Å². The molecule has 1 aromatic rings. The molecule has 0 amide bonds. The molecule has 0 spiro atoms. The highest BCUT2D eigenvalue weighted by atomic mass is 16.5. The molecular weight excluding hydrogens is 310 g/mol. The van der Waals surface area contributed by atoms with Crippen LogP contribution in [0.25, 0.3) is 0 Å². The monoisotopic (exact) mass is 339 g/mol. The summed E-state index contributed by atoms with van der Waals surface area (Å²) in [4.78, 5) is 2.63. The van der Waals surface area contributed by atoms with Crippen molar-refractivity contribution in [1.82, 2.24) is 4.90 Å². The minimum Gasteiger partial charge on any atom is -0.497 e. The standard InChI is InChI=1S/C22H29NO2/c1-24-21-10-9-17-7-8-18(22(17)15-21)16-23-13-11-20(12-14-23)25-19-5-3-2-4-6-19/h3,5-6,9-10,15,18,20H,2,4,7-8,11-14,16H2,1H3. The Balaban J connectivity index is 1.30. The van der Waals surface area contributed by atoms with Crippen LogP contribution in [0.5, 0.6) is 5.75 Å². The first kappa shape index (κ1) is 16.7. The molecule has 0 N–H and O–H groups in total. The highest BCUT2D eigenvalue weighted by molar-refractivity contribution is 5.41. The largest absolute Gasteiger partial charge is 0.497 e. The third-order valence-electron chi connectivity index (χ3n) is 5.83. The van der Waals surface area contributed by atoms with Gasteiger partial charge in [-0.15, -0.1) is 0 Å². The lowest BCUT2D eigenvalue weighted by Crippen LogP contribution is -2.38. The molecule has 1 heterocycles. The van der Waals surface area contributed by atoms with Crippen LogP contribution in [-0.4, -0.2) is 37.7 Å². The molecule has 3 heteroatoms. The molecule has 3 nitrogen and oxygen atoms in total. The van der Waals surface area contributed by atoms with Gasteiger partial charge in [-0.2, -0.15) is 0 Å². The molecule has 1 saturated heterocycles. The van der Waals surface area contributed by atoms with Gasteiger partial charge < -0.3 is 14.4 Å². The zero-order valence-electron chi connectivity index (χ0n) is 15.2. The minimum atomic E-state index is 0.390. The normalized spacial score (nSPS) is 24.0. The van der Waals surface area contributed by atoms with Crippen molar-refractivity contribution in [1.29, 1.82) is 0 Å². The van der Waals surface area contributed by atoms with Gasteiger partial charge in [-0.3, -0.25) is 0 Å². The molecule has 0 bridgehead atoms.